The summed E-state index contributed by atoms with van der Waals surface area (Å²) in [5.74, 6) is 1.29. The Labute approximate surface area is 205 Å². The third-order valence-corrected chi connectivity index (χ3v) is 7.64. The molecule has 3 aliphatic heterocycles. The highest BCUT2D eigenvalue weighted by molar-refractivity contribution is 6.03. The summed E-state index contributed by atoms with van der Waals surface area (Å²) < 4.78 is 10.8. The fourth-order valence-corrected chi connectivity index (χ4v) is 5.44. The number of hydrogen-bond donors (Lipinski definition) is 2. The Morgan fingerprint density at radius 1 is 1.23 bits per heavy atom. The molecule has 5 rings (SSSR count). The van der Waals surface area contributed by atoms with Gasteiger partial charge in [0, 0.05) is 57.4 Å². The lowest BCUT2D eigenvalue weighted by molar-refractivity contribution is 0.0279. The van der Waals surface area contributed by atoms with E-state index in [4.69, 9.17) is 9.15 Å². The van der Waals surface area contributed by atoms with Gasteiger partial charge in [0.15, 0.2) is 17.9 Å². The van der Waals surface area contributed by atoms with Gasteiger partial charge in [0.25, 0.3) is 5.91 Å². The SMILES string of the molecule is CCc1ocnc1C(=O)Nc1n[nH]c2c1CN(C(=O)N1CCN(CC3CCOCC3)C(C)C1)C2C. The Balaban J connectivity index is 1.20. The van der Waals surface area contributed by atoms with Crippen molar-refractivity contribution >= 4 is 17.8 Å². The zero-order valence-corrected chi connectivity index (χ0v) is 20.7. The van der Waals surface area contributed by atoms with Gasteiger partial charge in [-0.15, -0.1) is 0 Å². The number of fused-ring (bicyclic) bond motifs is 1. The lowest BCUT2D eigenvalue weighted by Crippen LogP contribution is -2.57. The number of amides is 3. The first kappa shape index (κ1) is 23.8. The van der Waals surface area contributed by atoms with Crippen LogP contribution in [0.15, 0.2) is 10.8 Å². The largest absolute Gasteiger partial charge is 0.448 e. The maximum Gasteiger partial charge on any atom is 0.320 e. The van der Waals surface area contributed by atoms with Crippen LogP contribution in [0.5, 0.6) is 0 Å². The zero-order chi connectivity index (χ0) is 24.5. The third-order valence-electron chi connectivity index (χ3n) is 7.64. The van der Waals surface area contributed by atoms with Gasteiger partial charge in [0.1, 0.15) is 5.76 Å². The Morgan fingerprint density at radius 3 is 2.77 bits per heavy atom. The maximum atomic E-state index is 13.5. The predicted octanol–water partition coefficient (Wildman–Crippen LogP) is 2.64. The van der Waals surface area contributed by atoms with Crippen molar-refractivity contribution in [1.82, 2.24) is 29.9 Å². The van der Waals surface area contributed by atoms with Crippen molar-refractivity contribution in [3.63, 3.8) is 0 Å². The van der Waals surface area contributed by atoms with E-state index < -0.39 is 0 Å². The molecule has 0 radical (unpaired) electrons. The molecular weight excluding hydrogens is 450 g/mol. The van der Waals surface area contributed by atoms with Crippen LogP contribution < -0.4 is 5.32 Å². The molecule has 0 spiro atoms. The van der Waals surface area contributed by atoms with Gasteiger partial charge < -0.3 is 24.3 Å². The van der Waals surface area contributed by atoms with Crippen LogP contribution in [0.25, 0.3) is 0 Å². The summed E-state index contributed by atoms with van der Waals surface area (Å²) in [5, 5.41) is 10.2. The first-order valence-electron chi connectivity index (χ1n) is 12.6. The molecule has 0 bridgehead atoms. The molecule has 0 aliphatic carbocycles. The quantitative estimate of drug-likeness (QED) is 0.668. The van der Waals surface area contributed by atoms with E-state index in [1.807, 2.05) is 23.6 Å². The van der Waals surface area contributed by atoms with Crippen LogP contribution in [0.3, 0.4) is 0 Å². The van der Waals surface area contributed by atoms with Crippen molar-refractivity contribution in [3.8, 4) is 0 Å². The number of aromatic amines is 1. The number of ether oxygens (including phenoxy) is 1. The van der Waals surface area contributed by atoms with Crippen LogP contribution in [0.4, 0.5) is 10.6 Å². The molecular formula is C24H35N7O4. The summed E-state index contributed by atoms with van der Waals surface area (Å²) in [7, 11) is 0. The molecule has 0 aromatic carbocycles. The highest BCUT2D eigenvalue weighted by Gasteiger charge is 2.39. The monoisotopic (exact) mass is 485 g/mol. The summed E-state index contributed by atoms with van der Waals surface area (Å²) in [4.78, 5) is 36.6. The summed E-state index contributed by atoms with van der Waals surface area (Å²) in [5.41, 5.74) is 1.96. The van der Waals surface area contributed by atoms with Gasteiger partial charge in [-0.05, 0) is 32.6 Å². The first-order valence-corrected chi connectivity index (χ1v) is 12.6. The molecule has 11 nitrogen and oxygen atoms in total. The molecule has 3 amide bonds. The predicted molar refractivity (Wildman–Crippen MR) is 128 cm³/mol. The number of carbonyl (C=O) groups excluding carboxylic acids is 2. The average Bonchev–Trinajstić information content (AvgIpc) is 3.58. The molecule has 11 heteroatoms. The molecule has 35 heavy (non-hydrogen) atoms. The molecule has 190 valence electrons. The number of carbonyl (C=O) groups is 2. The van der Waals surface area contributed by atoms with E-state index in [9.17, 15) is 9.59 Å². The van der Waals surface area contributed by atoms with Gasteiger partial charge in [-0.25, -0.2) is 9.78 Å². The molecule has 2 aromatic rings. The number of aryl methyl sites for hydroxylation is 1. The molecule has 2 unspecified atom stereocenters. The van der Waals surface area contributed by atoms with E-state index in [1.54, 1.807) is 0 Å². The van der Waals surface area contributed by atoms with Gasteiger partial charge in [-0.1, -0.05) is 6.92 Å². The molecule has 2 atom stereocenters. The van der Waals surface area contributed by atoms with Gasteiger partial charge in [0.2, 0.25) is 0 Å². The normalized spacial score (nSPS) is 23.5. The highest BCUT2D eigenvalue weighted by Crippen LogP contribution is 2.37. The molecule has 0 saturated carbocycles. The Hall–Kier alpha value is -2.92. The Morgan fingerprint density at radius 2 is 2.03 bits per heavy atom. The number of hydrogen-bond acceptors (Lipinski definition) is 7. The highest BCUT2D eigenvalue weighted by atomic mass is 16.5. The van der Waals surface area contributed by atoms with Crippen molar-refractivity contribution in [1.29, 1.82) is 0 Å². The molecule has 2 N–H and O–H groups in total. The van der Waals surface area contributed by atoms with E-state index >= 15 is 0 Å². The van der Waals surface area contributed by atoms with E-state index in [0.29, 0.717) is 43.0 Å². The molecule has 5 heterocycles. The van der Waals surface area contributed by atoms with E-state index in [2.05, 4.69) is 32.3 Å². The first-order chi connectivity index (χ1) is 17.0. The lowest BCUT2D eigenvalue weighted by Gasteiger charge is -2.43. The van der Waals surface area contributed by atoms with Crippen molar-refractivity contribution in [2.24, 2.45) is 5.92 Å². The van der Waals surface area contributed by atoms with Crippen LogP contribution in [-0.2, 0) is 17.7 Å². The van der Waals surface area contributed by atoms with Gasteiger partial charge >= 0.3 is 6.03 Å². The number of rotatable bonds is 5. The van der Waals surface area contributed by atoms with Crippen LogP contribution in [0.1, 0.15) is 67.2 Å². The number of aromatic nitrogens is 3. The Kier molecular flexibility index (Phi) is 6.79. The van der Waals surface area contributed by atoms with Gasteiger partial charge in [-0.3, -0.25) is 14.8 Å². The topological polar surface area (TPSA) is 120 Å². The zero-order valence-electron chi connectivity index (χ0n) is 20.7. The summed E-state index contributed by atoms with van der Waals surface area (Å²) >= 11 is 0. The number of nitrogens with one attached hydrogen (secondary N) is 2. The summed E-state index contributed by atoms with van der Waals surface area (Å²) in [6.45, 7) is 11.6. The molecule has 2 fully saturated rings. The lowest BCUT2D eigenvalue weighted by atomic mass is 9.98. The number of nitrogens with zero attached hydrogens (tertiary/aromatic N) is 5. The van der Waals surface area contributed by atoms with Crippen LogP contribution in [0, 0.1) is 5.92 Å². The van der Waals surface area contributed by atoms with E-state index in [0.717, 1.165) is 56.9 Å². The number of anilines is 1. The van der Waals surface area contributed by atoms with Crippen LogP contribution >= 0.6 is 0 Å². The average molecular weight is 486 g/mol. The molecule has 2 aromatic heterocycles. The minimum atomic E-state index is -0.364. The van der Waals surface area contributed by atoms with Gasteiger partial charge in [0.05, 0.1) is 18.3 Å². The smallest absolute Gasteiger partial charge is 0.320 e. The standard InChI is InChI=1S/C24H35N7O4/c1-4-19-21(25-14-35-19)23(32)26-22-18-13-31(16(3)20(18)27-28-22)24(33)30-8-7-29(15(2)11-30)12-17-5-9-34-10-6-17/h14-17H,4-13H2,1-3H3,(H2,26,27,28,32). The number of piperazine rings is 1. The third kappa shape index (κ3) is 4.66. The second-order valence-corrected chi connectivity index (χ2v) is 9.83. The second-order valence-electron chi connectivity index (χ2n) is 9.83. The minimum absolute atomic E-state index is 0.0294. The fourth-order valence-electron chi connectivity index (χ4n) is 5.44. The number of oxazole rings is 1. The van der Waals surface area contributed by atoms with Gasteiger partial charge in [-0.2, -0.15) is 5.10 Å². The van der Waals surface area contributed by atoms with Crippen LogP contribution in [0.2, 0.25) is 0 Å². The van der Waals surface area contributed by atoms with Crippen molar-refractivity contribution in [2.45, 2.75) is 58.7 Å². The minimum Gasteiger partial charge on any atom is -0.448 e. The van der Waals surface area contributed by atoms with Crippen molar-refractivity contribution in [3.05, 3.63) is 29.1 Å². The van der Waals surface area contributed by atoms with E-state index in [1.165, 1.54) is 6.39 Å². The molecule has 2 saturated heterocycles. The van der Waals surface area contributed by atoms with Crippen molar-refractivity contribution < 1.29 is 18.7 Å². The fraction of sp³-hybridized carbons (Fsp3) is 0.667. The molecule has 3 aliphatic rings. The summed E-state index contributed by atoms with van der Waals surface area (Å²) in [6, 6.07) is 0.198. The second kappa shape index (κ2) is 9.98. The van der Waals surface area contributed by atoms with Crippen molar-refractivity contribution in [2.75, 3.05) is 44.7 Å². The maximum absolute atomic E-state index is 13.5. The number of urea groups is 1. The Bertz CT molecular complexity index is 1060. The van der Waals surface area contributed by atoms with Crippen LogP contribution in [-0.4, -0.2) is 87.3 Å². The van der Waals surface area contributed by atoms with E-state index in [-0.39, 0.29) is 23.7 Å². The number of H-pyrrole nitrogens is 1. The summed E-state index contributed by atoms with van der Waals surface area (Å²) in [6.07, 6.45) is 4.09.